The summed E-state index contributed by atoms with van der Waals surface area (Å²) in [5, 5.41) is 6.95. The Labute approximate surface area is 157 Å². The number of ketones is 1. The SMILES string of the molecule is CC1(C)CC(=O)C2=C(C1)Nc1ccccc1N[C@H]2c1ccc(Cl)c(F)c1. The quantitative estimate of drug-likeness (QED) is 0.676. The highest BCUT2D eigenvalue weighted by Crippen LogP contribution is 2.45. The van der Waals surface area contributed by atoms with Crippen LogP contribution in [0.4, 0.5) is 15.8 Å². The Hall–Kier alpha value is -2.33. The number of hydrogen-bond acceptors (Lipinski definition) is 3. The van der Waals surface area contributed by atoms with E-state index in [0.29, 0.717) is 17.6 Å². The Kier molecular flexibility index (Phi) is 4.03. The third kappa shape index (κ3) is 2.99. The predicted molar refractivity (Wildman–Crippen MR) is 103 cm³/mol. The van der Waals surface area contributed by atoms with Gasteiger partial charge >= 0.3 is 0 Å². The molecular weight excluding hydrogens is 351 g/mol. The van der Waals surface area contributed by atoms with Crippen LogP contribution in [0.25, 0.3) is 0 Å². The van der Waals surface area contributed by atoms with Crippen LogP contribution in [0.3, 0.4) is 0 Å². The minimum absolute atomic E-state index is 0.0752. The smallest absolute Gasteiger partial charge is 0.163 e. The molecule has 0 saturated heterocycles. The molecule has 0 spiro atoms. The first kappa shape index (κ1) is 17.1. The molecule has 1 heterocycles. The second-order valence-electron chi connectivity index (χ2n) is 7.75. The number of fused-ring (bicyclic) bond motifs is 1. The van der Waals surface area contributed by atoms with Crippen molar-refractivity contribution in [2.24, 2.45) is 5.41 Å². The van der Waals surface area contributed by atoms with E-state index in [4.69, 9.17) is 11.6 Å². The number of anilines is 2. The van der Waals surface area contributed by atoms with E-state index in [-0.39, 0.29) is 16.2 Å². The van der Waals surface area contributed by atoms with Gasteiger partial charge in [0, 0.05) is 17.7 Å². The van der Waals surface area contributed by atoms with E-state index >= 15 is 0 Å². The standard InChI is InChI=1S/C21H20ClFN2O/c1-21(2)10-17-19(18(26)11-21)20(12-7-8-13(22)14(23)9-12)25-16-6-4-3-5-15(16)24-17/h3-9,20,24-25H,10-11H2,1-2H3/t20-/m0/s1. The highest BCUT2D eigenvalue weighted by Gasteiger charge is 2.38. The fraction of sp³-hybridized carbons (Fsp3) is 0.286. The zero-order valence-corrected chi connectivity index (χ0v) is 15.5. The Bertz CT molecular complexity index is 935. The molecule has 0 amide bonds. The van der Waals surface area contributed by atoms with Gasteiger partial charge in [-0.05, 0) is 41.7 Å². The van der Waals surface area contributed by atoms with E-state index in [2.05, 4.69) is 24.5 Å². The number of carbonyl (C=O) groups is 1. The molecule has 2 aromatic carbocycles. The first-order chi connectivity index (χ1) is 12.3. The predicted octanol–water partition coefficient (Wildman–Crippen LogP) is 5.70. The fourth-order valence-corrected chi connectivity index (χ4v) is 3.95. The lowest BCUT2D eigenvalue weighted by molar-refractivity contribution is -0.118. The number of para-hydroxylation sites is 2. The molecule has 134 valence electrons. The summed E-state index contributed by atoms with van der Waals surface area (Å²) in [5.74, 6) is -0.397. The third-order valence-electron chi connectivity index (χ3n) is 5.00. The van der Waals surface area contributed by atoms with Crippen molar-refractivity contribution in [2.45, 2.75) is 32.7 Å². The van der Waals surface area contributed by atoms with Gasteiger partial charge in [0.15, 0.2) is 5.78 Å². The van der Waals surface area contributed by atoms with Crippen molar-refractivity contribution in [3.05, 3.63) is 70.1 Å². The Balaban J connectivity index is 1.89. The lowest BCUT2D eigenvalue weighted by Gasteiger charge is -2.34. The van der Waals surface area contributed by atoms with E-state index in [9.17, 15) is 9.18 Å². The molecule has 0 bridgehead atoms. The summed E-state index contributed by atoms with van der Waals surface area (Å²) in [6, 6.07) is 12.1. The van der Waals surface area contributed by atoms with Crippen molar-refractivity contribution in [1.82, 2.24) is 0 Å². The molecule has 5 heteroatoms. The highest BCUT2D eigenvalue weighted by molar-refractivity contribution is 6.30. The van der Waals surface area contributed by atoms with Crippen molar-refractivity contribution in [1.29, 1.82) is 0 Å². The third-order valence-corrected chi connectivity index (χ3v) is 5.30. The highest BCUT2D eigenvalue weighted by atomic mass is 35.5. The number of Topliss-reactive ketones (excluding diaryl/α,β-unsaturated/α-hetero) is 1. The van der Waals surface area contributed by atoms with Crippen LogP contribution in [0.15, 0.2) is 53.7 Å². The molecule has 0 aromatic heterocycles. The van der Waals surface area contributed by atoms with Crippen molar-refractivity contribution in [3.63, 3.8) is 0 Å². The van der Waals surface area contributed by atoms with E-state index in [0.717, 1.165) is 23.5 Å². The number of rotatable bonds is 1. The monoisotopic (exact) mass is 370 g/mol. The zero-order valence-electron chi connectivity index (χ0n) is 14.7. The van der Waals surface area contributed by atoms with Crippen LogP contribution in [0.1, 0.15) is 38.3 Å². The molecule has 2 N–H and O–H groups in total. The Morgan fingerprint density at radius 3 is 2.58 bits per heavy atom. The van der Waals surface area contributed by atoms with Gasteiger partial charge in [0.2, 0.25) is 0 Å². The molecule has 2 aromatic rings. The maximum absolute atomic E-state index is 14.1. The van der Waals surface area contributed by atoms with Gasteiger partial charge in [-0.25, -0.2) is 4.39 Å². The number of hydrogen-bond donors (Lipinski definition) is 2. The molecule has 2 aliphatic rings. The largest absolute Gasteiger partial charge is 0.372 e. The molecule has 1 aliphatic heterocycles. The van der Waals surface area contributed by atoms with E-state index in [1.807, 2.05) is 24.3 Å². The lowest BCUT2D eigenvalue weighted by atomic mass is 9.73. The second-order valence-corrected chi connectivity index (χ2v) is 8.16. The molecule has 0 unspecified atom stereocenters. The topological polar surface area (TPSA) is 41.1 Å². The summed E-state index contributed by atoms with van der Waals surface area (Å²) in [4.78, 5) is 13.0. The van der Waals surface area contributed by atoms with Crippen LogP contribution in [-0.2, 0) is 4.79 Å². The van der Waals surface area contributed by atoms with Gasteiger partial charge in [-0.15, -0.1) is 0 Å². The van der Waals surface area contributed by atoms with Gasteiger partial charge in [-0.2, -0.15) is 0 Å². The average molecular weight is 371 g/mol. The Morgan fingerprint density at radius 2 is 1.85 bits per heavy atom. The number of benzene rings is 2. The van der Waals surface area contributed by atoms with E-state index in [1.54, 1.807) is 6.07 Å². The minimum Gasteiger partial charge on any atom is -0.372 e. The second kappa shape index (κ2) is 6.13. The Morgan fingerprint density at radius 1 is 1.12 bits per heavy atom. The molecule has 26 heavy (non-hydrogen) atoms. The summed E-state index contributed by atoms with van der Waals surface area (Å²) in [6.45, 7) is 4.19. The van der Waals surface area contributed by atoms with Crippen molar-refractivity contribution in [2.75, 3.05) is 10.6 Å². The summed E-state index contributed by atoms with van der Waals surface area (Å²) in [6.07, 6.45) is 1.23. The molecule has 0 saturated carbocycles. The summed E-state index contributed by atoms with van der Waals surface area (Å²) < 4.78 is 14.1. The van der Waals surface area contributed by atoms with Crippen molar-refractivity contribution in [3.8, 4) is 0 Å². The number of carbonyl (C=O) groups excluding carboxylic acids is 1. The van der Waals surface area contributed by atoms with E-state index in [1.165, 1.54) is 12.1 Å². The van der Waals surface area contributed by atoms with Gasteiger partial charge in [0.25, 0.3) is 0 Å². The van der Waals surface area contributed by atoms with Crippen LogP contribution >= 0.6 is 11.6 Å². The number of halogens is 2. The van der Waals surface area contributed by atoms with Crippen LogP contribution in [0, 0.1) is 11.2 Å². The van der Waals surface area contributed by atoms with Crippen molar-refractivity contribution >= 4 is 28.8 Å². The molecule has 3 nitrogen and oxygen atoms in total. The average Bonchev–Trinajstić information content (AvgIpc) is 2.72. The summed E-state index contributed by atoms with van der Waals surface area (Å²) in [7, 11) is 0. The molecule has 0 fully saturated rings. The number of allylic oxidation sites excluding steroid dienone is 1. The van der Waals surface area contributed by atoms with Gasteiger partial charge in [0.1, 0.15) is 5.82 Å². The normalized spacial score (nSPS) is 21.2. The summed E-state index contributed by atoms with van der Waals surface area (Å²) in [5.41, 5.74) is 3.96. The maximum Gasteiger partial charge on any atom is 0.163 e. The van der Waals surface area contributed by atoms with Crippen LogP contribution in [0.2, 0.25) is 5.02 Å². The van der Waals surface area contributed by atoms with Gasteiger partial charge in [0.05, 0.1) is 22.4 Å². The lowest BCUT2D eigenvalue weighted by Crippen LogP contribution is -2.31. The fourth-order valence-electron chi connectivity index (χ4n) is 3.83. The first-order valence-corrected chi connectivity index (χ1v) is 9.06. The van der Waals surface area contributed by atoms with Crippen molar-refractivity contribution < 1.29 is 9.18 Å². The van der Waals surface area contributed by atoms with Gasteiger partial charge in [-0.1, -0.05) is 43.6 Å². The first-order valence-electron chi connectivity index (χ1n) is 8.68. The molecule has 0 radical (unpaired) electrons. The number of nitrogens with one attached hydrogen (secondary N) is 2. The van der Waals surface area contributed by atoms with Crippen LogP contribution < -0.4 is 10.6 Å². The van der Waals surface area contributed by atoms with E-state index < -0.39 is 11.9 Å². The molecule has 4 rings (SSSR count). The zero-order chi connectivity index (χ0) is 18.5. The van der Waals surface area contributed by atoms with Gasteiger partial charge in [-0.3, -0.25) is 4.79 Å². The molecule has 1 atom stereocenters. The molecular formula is C21H20ClFN2O. The van der Waals surface area contributed by atoms with Crippen LogP contribution in [-0.4, -0.2) is 5.78 Å². The minimum atomic E-state index is -0.484. The summed E-state index contributed by atoms with van der Waals surface area (Å²) >= 11 is 5.85. The molecule has 1 aliphatic carbocycles. The van der Waals surface area contributed by atoms with Gasteiger partial charge < -0.3 is 10.6 Å². The van der Waals surface area contributed by atoms with Crippen LogP contribution in [0.5, 0.6) is 0 Å². The maximum atomic E-state index is 14.1.